The third kappa shape index (κ3) is 3.91. The number of aromatic nitrogens is 2. The van der Waals surface area contributed by atoms with Crippen LogP contribution in [0.2, 0.25) is 0 Å². The molecule has 1 aromatic carbocycles. The van der Waals surface area contributed by atoms with E-state index >= 15 is 0 Å². The third-order valence-corrected chi connectivity index (χ3v) is 3.49. The molecule has 0 spiro atoms. The van der Waals surface area contributed by atoms with Crippen molar-refractivity contribution in [3.8, 4) is 11.1 Å². The van der Waals surface area contributed by atoms with Gasteiger partial charge in [0.25, 0.3) is 0 Å². The van der Waals surface area contributed by atoms with E-state index in [1.165, 1.54) is 0 Å². The lowest BCUT2D eigenvalue weighted by Gasteiger charge is -2.08. The molecule has 0 saturated heterocycles. The Morgan fingerprint density at radius 3 is 2.76 bits per heavy atom. The summed E-state index contributed by atoms with van der Waals surface area (Å²) < 4.78 is 15.7. The van der Waals surface area contributed by atoms with Crippen molar-refractivity contribution in [3.05, 3.63) is 41.5 Å². The number of nitrogens with one attached hydrogen (secondary N) is 1. The fourth-order valence-electron chi connectivity index (χ4n) is 2.47. The van der Waals surface area contributed by atoms with E-state index in [2.05, 4.69) is 24.3 Å². The predicted molar refractivity (Wildman–Crippen MR) is 84.6 cm³/mol. The Hall–Kier alpha value is -1.68. The van der Waals surface area contributed by atoms with Crippen LogP contribution in [0.4, 0.5) is 4.39 Å². The molecule has 0 saturated carbocycles. The number of halogens is 1. The Morgan fingerprint density at radius 2 is 2.05 bits per heavy atom. The first-order chi connectivity index (χ1) is 10.2. The van der Waals surface area contributed by atoms with Crippen LogP contribution in [0.25, 0.3) is 11.1 Å². The van der Waals surface area contributed by atoms with E-state index in [0.29, 0.717) is 12.1 Å². The Kier molecular flexibility index (Phi) is 5.51. The van der Waals surface area contributed by atoms with Crippen LogP contribution in [0, 0.1) is 5.82 Å². The summed E-state index contributed by atoms with van der Waals surface area (Å²) in [6.45, 7) is 5.71. The molecule has 0 aliphatic carbocycles. The molecular formula is C17H24FN3. The van der Waals surface area contributed by atoms with Gasteiger partial charge in [0, 0.05) is 30.9 Å². The van der Waals surface area contributed by atoms with Gasteiger partial charge in [-0.3, -0.25) is 4.68 Å². The van der Waals surface area contributed by atoms with Crippen molar-refractivity contribution in [1.82, 2.24) is 15.1 Å². The average Bonchev–Trinajstić information content (AvgIpc) is 2.82. The van der Waals surface area contributed by atoms with Gasteiger partial charge in [0.15, 0.2) is 0 Å². The lowest BCUT2D eigenvalue weighted by molar-refractivity contribution is 0.587. The van der Waals surface area contributed by atoms with E-state index in [4.69, 9.17) is 0 Å². The minimum absolute atomic E-state index is 0.150. The molecule has 0 atom stereocenters. The third-order valence-electron chi connectivity index (χ3n) is 3.49. The summed E-state index contributed by atoms with van der Waals surface area (Å²) in [6.07, 6.45) is 5.05. The summed E-state index contributed by atoms with van der Waals surface area (Å²) >= 11 is 0. The Balaban J connectivity index is 2.29. The SMILES string of the molecule is CCCNCc1cc(-c2cn(C)nc2CCC)ccc1F. The number of hydrogen-bond acceptors (Lipinski definition) is 2. The molecule has 21 heavy (non-hydrogen) atoms. The second kappa shape index (κ2) is 7.36. The second-order valence-electron chi connectivity index (χ2n) is 5.40. The van der Waals surface area contributed by atoms with Gasteiger partial charge >= 0.3 is 0 Å². The Labute approximate surface area is 126 Å². The Morgan fingerprint density at radius 1 is 1.24 bits per heavy atom. The van der Waals surface area contributed by atoms with Crippen molar-refractivity contribution in [2.45, 2.75) is 39.7 Å². The van der Waals surface area contributed by atoms with Crippen LogP contribution in [-0.2, 0) is 20.0 Å². The zero-order valence-corrected chi connectivity index (χ0v) is 13.1. The minimum atomic E-state index is -0.150. The van der Waals surface area contributed by atoms with Gasteiger partial charge < -0.3 is 5.32 Å². The van der Waals surface area contributed by atoms with Gasteiger partial charge in [0.2, 0.25) is 0 Å². The van der Waals surface area contributed by atoms with E-state index in [9.17, 15) is 4.39 Å². The van der Waals surface area contributed by atoms with Gasteiger partial charge in [0.05, 0.1) is 5.69 Å². The zero-order valence-electron chi connectivity index (χ0n) is 13.1. The fraction of sp³-hybridized carbons (Fsp3) is 0.471. The van der Waals surface area contributed by atoms with Gasteiger partial charge in [-0.05, 0) is 37.1 Å². The zero-order chi connectivity index (χ0) is 15.2. The van der Waals surface area contributed by atoms with Crippen molar-refractivity contribution >= 4 is 0 Å². The Bertz CT molecular complexity index is 590. The van der Waals surface area contributed by atoms with Crippen molar-refractivity contribution < 1.29 is 4.39 Å². The summed E-state index contributed by atoms with van der Waals surface area (Å²) in [4.78, 5) is 0. The normalized spacial score (nSPS) is 11.0. The highest BCUT2D eigenvalue weighted by Crippen LogP contribution is 2.26. The van der Waals surface area contributed by atoms with Crippen molar-refractivity contribution in [2.24, 2.45) is 7.05 Å². The van der Waals surface area contributed by atoms with Gasteiger partial charge in [-0.25, -0.2) is 4.39 Å². The van der Waals surface area contributed by atoms with Crippen LogP contribution in [0.15, 0.2) is 24.4 Å². The van der Waals surface area contributed by atoms with E-state index in [1.54, 1.807) is 6.07 Å². The molecule has 0 fully saturated rings. The monoisotopic (exact) mass is 289 g/mol. The molecule has 0 bridgehead atoms. The predicted octanol–water partition coefficient (Wildman–Crippen LogP) is 3.68. The maximum Gasteiger partial charge on any atom is 0.127 e. The van der Waals surface area contributed by atoms with E-state index in [-0.39, 0.29) is 5.82 Å². The molecular weight excluding hydrogens is 265 g/mol. The lowest BCUT2D eigenvalue weighted by Crippen LogP contribution is -2.14. The van der Waals surface area contributed by atoms with Crippen LogP contribution in [-0.4, -0.2) is 16.3 Å². The quantitative estimate of drug-likeness (QED) is 0.788. The summed E-state index contributed by atoms with van der Waals surface area (Å²) in [6, 6.07) is 5.34. The summed E-state index contributed by atoms with van der Waals surface area (Å²) in [5, 5.41) is 7.77. The molecule has 2 aromatic rings. The van der Waals surface area contributed by atoms with Crippen molar-refractivity contribution in [1.29, 1.82) is 0 Å². The van der Waals surface area contributed by atoms with Crippen molar-refractivity contribution in [3.63, 3.8) is 0 Å². The number of benzene rings is 1. The molecule has 1 aromatic heterocycles. The number of rotatable bonds is 7. The van der Waals surface area contributed by atoms with E-state index in [1.807, 2.05) is 30.1 Å². The molecule has 3 nitrogen and oxygen atoms in total. The summed E-state index contributed by atoms with van der Waals surface area (Å²) in [5.74, 6) is -0.150. The van der Waals surface area contributed by atoms with Crippen LogP contribution in [0.5, 0.6) is 0 Å². The van der Waals surface area contributed by atoms with Gasteiger partial charge in [-0.1, -0.05) is 26.3 Å². The van der Waals surface area contributed by atoms with E-state index < -0.39 is 0 Å². The van der Waals surface area contributed by atoms with Gasteiger partial charge in [-0.2, -0.15) is 5.10 Å². The van der Waals surface area contributed by atoms with Crippen molar-refractivity contribution in [2.75, 3.05) is 6.54 Å². The van der Waals surface area contributed by atoms with Crippen LogP contribution in [0.3, 0.4) is 0 Å². The van der Waals surface area contributed by atoms with E-state index in [0.717, 1.165) is 42.6 Å². The summed E-state index contributed by atoms with van der Waals surface area (Å²) in [5.41, 5.74) is 3.95. The molecule has 1 heterocycles. The van der Waals surface area contributed by atoms with Crippen LogP contribution in [0.1, 0.15) is 37.9 Å². The average molecular weight is 289 g/mol. The highest BCUT2D eigenvalue weighted by atomic mass is 19.1. The molecule has 0 radical (unpaired) electrons. The minimum Gasteiger partial charge on any atom is -0.313 e. The first-order valence-electron chi connectivity index (χ1n) is 7.67. The molecule has 0 aliphatic rings. The second-order valence-corrected chi connectivity index (χ2v) is 5.40. The maximum atomic E-state index is 13.9. The molecule has 0 amide bonds. The molecule has 4 heteroatoms. The van der Waals surface area contributed by atoms with Gasteiger partial charge in [0.1, 0.15) is 5.82 Å². The largest absolute Gasteiger partial charge is 0.313 e. The lowest BCUT2D eigenvalue weighted by atomic mass is 10.0. The highest BCUT2D eigenvalue weighted by molar-refractivity contribution is 5.66. The molecule has 0 aliphatic heterocycles. The molecule has 2 rings (SSSR count). The fourth-order valence-corrected chi connectivity index (χ4v) is 2.47. The first kappa shape index (κ1) is 15.7. The van der Waals surface area contributed by atoms with Gasteiger partial charge in [-0.15, -0.1) is 0 Å². The first-order valence-corrected chi connectivity index (χ1v) is 7.67. The highest BCUT2D eigenvalue weighted by Gasteiger charge is 2.11. The standard InChI is InChI=1S/C17H24FN3/c1-4-6-17-15(12-21(3)20-17)13-7-8-16(18)14(10-13)11-19-9-5-2/h7-8,10,12,19H,4-6,9,11H2,1-3H3. The molecule has 0 unspecified atom stereocenters. The van der Waals surface area contributed by atoms with Crippen LogP contribution >= 0.6 is 0 Å². The maximum absolute atomic E-state index is 13.9. The molecule has 114 valence electrons. The smallest absolute Gasteiger partial charge is 0.127 e. The summed E-state index contributed by atoms with van der Waals surface area (Å²) in [7, 11) is 1.93. The number of aryl methyl sites for hydroxylation is 2. The molecule has 1 N–H and O–H groups in total. The number of hydrogen-bond donors (Lipinski definition) is 1. The van der Waals surface area contributed by atoms with Crippen LogP contribution < -0.4 is 5.32 Å². The number of nitrogens with zero attached hydrogens (tertiary/aromatic N) is 2. The topological polar surface area (TPSA) is 29.9 Å².